The quantitative estimate of drug-likeness (QED) is 0.883. The van der Waals surface area contributed by atoms with Crippen LogP contribution in [0, 0.1) is 0 Å². The lowest BCUT2D eigenvalue weighted by atomic mass is 10.1. The first-order valence-corrected chi connectivity index (χ1v) is 10.2. The van der Waals surface area contributed by atoms with Crippen molar-refractivity contribution in [3.63, 3.8) is 0 Å². The lowest BCUT2D eigenvalue weighted by Crippen LogP contribution is -2.39. The van der Waals surface area contributed by atoms with Crippen molar-refractivity contribution >= 4 is 26.8 Å². The van der Waals surface area contributed by atoms with Gasteiger partial charge in [-0.15, -0.1) is 0 Å². The summed E-state index contributed by atoms with van der Waals surface area (Å²) in [6.45, 7) is 1.96. The number of benzene rings is 1. The Balaban J connectivity index is 1.42. The summed E-state index contributed by atoms with van der Waals surface area (Å²) in [5.74, 6) is 0.0140. The first-order valence-electron chi connectivity index (χ1n) is 8.74. The average Bonchev–Trinajstić information content (AvgIpc) is 3.41. The van der Waals surface area contributed by atoms with Crippen LogP contribution in [-0.2, 0) is 21.2 Å². The number of para-hydroxylation sites is 1. The fourth-order valence-electron chi connectivity index (χ4n) is 3.39. The van der Waals surface area contributed by atoms with E-state index in [9.17, 15) is 13.2 Å². The van der Waals surface area contributed by atoms with Crippen LogP contribution >= 0.6 is 0 Å². The predicted molar refractivity (Wildman–Crippen MR) is 94.5 cm³/mol. The monoisotopic (exact) mass is 362 g/mol. The maximum Gasteiger partial charge on any atom is 0.228 e. The second-order valence-electron chi connectivity index (χ2n) is 6.77. The molecule has 1 N–H and O–H groups in total. The Bertz CT molecular complexity index is 888. The summed E-state index contributed by atoms with van der Waals surface area (Å²) in [6.07, 6.45) is 2.49. The van der Waals surface area contributed by atoms with E-state index in [4.69, 9.17) is 0 Å². The SMILES string of the molecule is O=C(Cc1[nH]nc2ccccc12)N1CCCN(S(=O)(=O)C2CC2)CC1. The molecule has 1 saturated carbocycles. The number of nitrogens with one attached hydrogen (secondary N) is 1. The van der Waals surface area contributed by atoms with Crippen LogP contribution in [-0.4, -0.2) is 65.2 Å². The molecule has 0 bridgehead atoms. The van der Waals surface area contributed by atoms with Gasteiger partial charge in [-0.05, 0) is 25.3 Å². The number of rotatable bonds is 4. The maximum atomic E-state index is 12.7. The third-order valence-electron chi connectivity index (χ3n) is 4.98. The van der Waals surface area contributed by atoms with Crippen molar-refractivity contribution in [2.24, 2.45) is 0 Å². The van der Waals surface area contributed by atoms with Crippen LogP contribution in [0.2, 0.25) is 0 Å². The van der Waals surface area contributed by atoms with E-state index in [0.717, 1.165) is 29.4 Å². The molecule has 1 aromatic carbocycles. The molecule has 0 spiro atoms. The van der Waals surface area contributed by atoms with Crippen LogP contribution in [0.4, 0.5) is 0 Å². The van der Waals surface area contributed by atoms with E-state index >= 15 is 0 Å². The summed E-state index contributed by atoms with van der Waals surface area (Å²) in [6, 6.07) is 7.71. The summed E-state index contributed by atoms with van der Waals surface area (Å²) in [7, 11) is -3.16. The van der Waals surface area contributed by atoms with E-state index in [1.165, 1.54) is 0 Å². The number of aromatic amines is 1. The summed E-state index contributed by atoms with van der Waals surface area (Å²) in [4.78, 5) is 14.5. The van der Waals surface area contributed by atoms with Crippen LogP contribution in [0.1, 0.15) is 25.0 Å². The van der Waals surface area contributed by atoms with Gasteiger partial charge in [-0.3, -0.25) is 9.89 Å². The highest BCUT2D eigenvalue weighted by Gasteiger charge is 2.40. The Morgan fingerprint density at radius 2 is 1.96 bits per heavy atom. The minimum atomic E-state index is -3.16. The van der Waals surface area contributed by atoms with Crippen LogP contribution in [0.25, 0.3) is 10.9 Å². The van der Waals surface area contributed by atoms with Gasteiger partial charge in [0.15, 0.2) is 0 Å². The van der Waals surface area contributed by atoms with Crippen molar-refractivity contribution in [2.75, 3.05) is 26.2 Å². The molecule has 0 radical (unpaired) electrons. The molecule has 8 heteroatoms. The molecule has 0 atom stereocenters. The molecule has 2 heterocycles. The molecule has 1 amide bonds. The van der Waals surface area contributed by atoms with Gasteiger partial charge in [-0.25, -0.2) is 8.42 Å². The van der Waals surface area contributed by atoms with Gasteiger partial charge in [0.05, 0.1) is 22.9 Å². The smallest absolute Gasteiger partial charge is 0.228 e. The standard InChI is InChI=1S/C17H22N4O3S/c22-17(12-16-14-4-1-2-5-15(14)18-19-16)20-8-3-9-21(11-10-20)25(23,24)13-6-7-13/h1-2,4-5,13H,3,6-12H2,(H,18,19). The van der Waals surface area contributed by atoms with Crippen molar-refractivity contribution in [2.45, 2.75) is 30.9 Å². The highest BCUT2D eigenvalue weighted by molar-refractivity contribution is 7.90. The van der Waals surface area contributed by atoms with Crippen molar-refractivity contribution < 1.29 is 13.2 Å². The zero-order valence-corrected chi connectivity index (χ0v) is 14.8. The molecule has 25 heavy (non-hydrogen) atoms. The average molecular weight is 362 g/mol. The highest BCUT2D eigenvalue weighted by Crippen LogP contribution is 2.31. The molecule has 2 aliphatic rings. The van der Waals surface area contributed by atoms with Gasteiger partial charge < -0.3 is 4.90 Å². The molecule has 1 aliphatic carbocycles. The van der Waals surface area contributed by atoms with Gasteiger partial charge in [0, 0.05) is 31.6 Å². The van der Waals surface area contributed by atoms with Crippen molar-refractivity contribution in [3.8, 4) is 0 Å². The van der Waals surface area contributed by atoms with Crippen molar-refractivity contribution in [1.29, 1.82) is 0 Å². The molecule has 1 saturated heterocycles. The normalized spacial score (nSPS) is 19.9. The Morgan fingerprint density at radius 3 is 2.76 bits per heavy atom. The zero-order chi connectivity index (χ0) is 17.4. The first kappa shape index (κ1) is 16.5. The Hall–Kier alpha value is -1.93. The van der Waals surface area contributed by atoms with Crippen molar-refractivity contribution in [1.82, 2.24) is 19.4 Å². The predicted octanol–water partition coefficient (Wildman–Crippen LogP) is 1.13. The number of nitrogens with zero attached hydrogens (tertiary/aromatic N) is 3. The molecule has 1 aromatic heterocycles. The van der Waals surface area contributed by atoms with E-state index in [0.29, 0.717) is 32.6 Å². The third kappa shape index (κ3) is 3.28. The van der Waals surface area contributed by atoms with Crippen LogP contribution in [0.3, 0.4) is 0 Å². The fraction of sp³-hybridized carbons (Fsp3) is 0.529. The Labute approximate surface area is 147 Å². The van der Waals surface area contributed by atoms with E-state index in [2.05, 4.69) is 10.2 Å². The number of fused-ring (bicyclic) bond motifs is 1. The van der Waals surface area contributed by atoms with Crippen LogP contribution in [0.5, 0.6) is 0 Å². The number of carbonyl (C=O) groups excluding carboxylic acids is 1. The fourth-order valence-corrected chi connectivity index (χ4v) is 5.26. The number of aromatic nitrogens is 2. The van der Waals surface area contributed by atoms with Gasteiger partial charge in [0.1, 0.15) is 0 Å². The first-order chi connectivity index (χ1) is 12.1. The second kappa shape index (κ2) is 6.42. The molecule has 134 valence electrons. The highest BCUT2D eigenvalue weighted by atomic mass is 32.2. The number of sulfonamides is 1. The molecule has 1 aliphatic heterocycles. The van der Waals surface area contributed by atoms with Gasteiger partial charge in [0.25, 0.3) is 0 Å². The molecule has 2 fully saturated rings. The molecule has 2 aromatic rings. The molecule has 0 unspecified atom stereocenters. The van der Waals surface area contributed by atoms with E-state index in [1.54, 1.807) is 9.21 Å². The molecular weight excluding hydrogens is 340 g/mol. The van der Waals surface area contributed by atoms with E-state index in [-0.39, 0.29) is 17.6 Å². The number of carbonyl (C=O) groups is 1. The van der Waals surface area contributed by atoms with Crippen LogP contribution in [0.15, 0.2) is 24.3 Å². The summed E-state index contributed by atoms with van der Waals surface area (Å²) in [5, 5.41) is 7.95. The summed E-state index contributed by atoms with van der Waals surface area (Å²) >= 11 is 0. The van der Waals surface area contributed by atoms with Gasteiger partial charge >= 0.3 is 0 Å². The topological polar surface area (TPSA) is 86.4 Å². The van der Waals surface area contributed by atoms with E-state index < -0.39 is 10.0 Å². The van der Waals surface area contributed by atoms with Gasteiger partial charge in [-0.1, -0.05) is 18.2 Å². The minimum Gasteiger partial charge on any atom is -0.341 e. The number of hydrogen-bond donors (Lipinski definition) is 1. The lowest BCUT2D eigenvalue weighted by molar-refractivity contribution is -0.130. The van der Waals surface area contributed by atoms with Crippen LogP contribution < -0.4 is 0 Å². The summed E-state index contributed by atoms with van der Waals surface area (Å²) in [5.41, 5.74) is 1.66. The van der Waals surface area contributed by atoms with E-state index in [1.807, 2.05) is 24.3 Å². The Morgan fingerprint density at radius 1 is 1.16 bits per heavy atom. The zero-order valence-electron chi connectivity index (χ0n) is 14.0. The molecule has 4 rings (SSSR count). The molecular formula is C17H22N4O3S. The Kier molecular flexibility index (Phi) is 4.24. The molecule has 7 nitrogen and oxygen atoms in total. The summed E-state index contributed by atoms with van der Waals surface area (Å²) < 4.78 is 26.4. The van der Waals surface area contributed by atoms with Gasteiger partial charge in [-0.2, -0.15) is 9.40 Å². The minimum absolute atomic E-state index is 0.0140. The number of amides is 1. The maximum absolute atomic E-state index is 12.7. The largest absolute Gasteiger partial charge is 0.341 e. The number of H-pyrrole nitrogens is 1. The van der Waals surface area contributed by atoms with Crippen molar-refractivity contribution in [3.05, 3.63) is 30.0 Å². The van der Waals surface area contributed by atoms with Gasteiger partial charge in [0.2, 0.25) is 15.9 Å². The third-order valence-corrected chi connectivity index (χ3v) is 7.38. The number of hydrogen-bond acceptors (Lipinski definition) is 4. The lowest BCUT2D eigenvalue weighted by Gasteiger charge is -2.21. The second-order valence-corrected chi connectivity index (χ2v) is 8.99.